The molecule has 25 heavy (non-hydrogen) atoms. The Hall–Kier alpha value is -1.98. The molecule has 1 aliphatic carbocycles. The first kappa shape index (κ1) is 16.5. The predicted octanol–water partition coefficient (Wildman–Crippen LogP) is 4.12. The number of Topliss-reactive ketones (excluding diaryl/α,β-unsaturated/α-hetero) is 1. The topological polar surface area (TPSA) is 52.0 Å². The second-order valence-corrected chi connectivity index (χ2v) is 8.16. The van der Waals surface area contributed by atoms with E-state index in [2.05, 4.69) is 11.9 Å². The number of nitrogens with zero attached hydrogens (tertiary/aromatic N) is 2. The number of ketones is 1. The lowest BCUT2D eigenvalue weighted by molar-refractivity contribution is 0.0970. The van der Waals surface area contributed by atoms with Crippen LogP contribution in [0.5, 0.6) is 0 Å². The molecular formula is C19H17ClN2O2S. The van der Waals surface area contributed by atoms with E-state index in [1.54, 1.807) is 35.6 Å². The molecule has 0 amide bonds. The quantitative estimate of drug-likeness (QED) is 0.650. The number of hydrogen-bond acceptors (Lipinski definition) is 4. The Bertz CT molecular complexity index is 1020. The second-order valence-electron chi connectivity index (χ2n) is 6.64. The third-order valence-electron chi connectivity index (χ3n) is 4.76. The van der Waals surface area contributed by atoms with E-state index in [-0.39, 0.29) is 17.9 Å². The van der Waals surface area contributed by atoms with Crippen LogP contribution in [0.15, 0.2) is 35.4 Å². The summed E-state index contributed by atoms with van der Waals surface area (Å²) in [4.78, 5) is 31.9. The first-order valence-corrected chi connectivity index (χ1v) is 9.51. The van der Waals surface area contributed by atoms with E-state index in [9.17, 15) is 9.59 Å². The standard InChI is InChI=1S/C19H17ClN2O2S/c1-11-2-7-14-16(8-11)25-18-17(14)19(24)22(10-21-18)9-15(23)12-3-5-13(20)6-4-12/h3-6,10-11H,2,7-9H2,1H3/t11-/m0/s1. The number of thiophene rings is 1. The van der Waals surface area contributed by atoms with Crippen LogP contribution in [-0.4, -0.2) is 15.3 Å². The fourth-order valence-corrected chi connectivity index (χ4v) is 4.83. The molecule has 0 unspecified atom stereocenters. The number of benzene rings is 1. The SMILES string of the molecule is C[C@H]1CCc2c(sc3ncn(CC(=O)c4ccc(Cl)cc4)c(=O)c23)C1. The molecule has 0 aliphatic heterocycles. The van der Waals surface area contributed by atoms with Gasteiger partial charge in [0, 0.05) is 15.5 Å². The number of fused-ring (bicyclic) bond motifs is 3. The van der Waals surface area contributed by atoms with Crippen LogP contribution in [-0.2, 0) is 19.4 Å². The van der Waals surface area contributed by atoms with Gasteiger partial charge in [0.05, 0.1) is 18.3 Å². The summed E-state index contributed by atoms with van der Waals surface area (Å²) in [6, 6.07) is 6.70. The van der Waals surface area contributed by atoms with Gasteiger partial charge in [-0.3, -0.25) is 14.2 Å². The zero-order chi connectivity index (χ0) is 17.6. The molecule has 1 aromatic carbocycles. The van der Waals surface area contributed by atoms with Crippen molar-refractivity contribution in [3.8, 4) is 0 Å². The third-order valence-corrected chi connectivity index (χ3v) is 6.18. The zero-order valence-corrected chi connectivity index (χ0v) is 15.4. The van der Waals surface area contributed by atoms with Crippen molar-refractivity contribution in [2.75, 3.05) is 0 Å². The number of aryl methyl sites for hydroxylation is 1. The Morgan fingerprint density at radius 1 is 1.36 bits per heavy atom. The number of aromatic nitrogens is 2. The average Bonchev–Trinajstić information content (AvgIpc) is 2.96. The Balaban J connectivity index is 1.71. The zero-order valence-electron chi connectivity index (χ0n) is 13.8. The molecule has 128 valence electrons. The Morgan fingerprint density at radius 3 is 2.88 bits per heavy atom. The van der Waals surface area contributed by atoms with Crippen LogP contribution in [0.1, 0.15) is 34.1 Å². The van der Waals surface area contributed by atoms with Crippen molar-refractivity contribution < 1.29 is 4.79 Å². The highest BCUT2D eigenvalue weighted by atomic mass is 35.5. The number of carbonyl (C=O) groups is 1. The fourth-order valence-electron chi connectivity index (χ4n) is 3.36. The Labute approximate surface area is 154 Å². The second kappa shape index (κ2) is 6.39. The minimum atomic E-state index is -0.127. The molecule has 0 N–H and O–H groups in total. The number of hydrogen-bond donors (Lipinski definition) is 0. The molecule has 4 nitrogen and oxygen atoms in total. The highest BCUT2D eigenvalue weighted by molar-refractivity contribution is 7.18. The third kappa shape index (κ3) is 3.02. The van der Waals surface area contributed by atoms with Crippen molar-refractivity contribution >= 4 is 38.9 Å². The lowest BCUT2D eigenvalue weighted by atomic mass is 9.89. The molecule has 0 saturated carbocycles. The lowest BCUT2D eigenvalue weighted by Crippen LogP contribution is -2.25. The maximum absolute atomic E-state index is 12.9. The molecule has 0 spiro atoms. The summed E-state index contributed by atoms with van der Waals surface area (Å²) < 4.78 is 1.42. The van der Waals surface area contributed by atoms with Crippen LogP contribution in [0, 0.1) is 5.92 Å². The van der Waals surface area contributed by atoms with Gasteiger partial charge in [-0.2, -0.15) is 0 Å². The maximum Gasteiger partial charge on any atom is 0.262 e. The van der Waals surface area contributed by atoms with E-state index in [1.165, 1.54) is 15.8 Å². The van der Waals surface area contributed by atoms with Crippen LogP contribution in [0.4, 0.5) is 0 Å². The van der Waals surface area contributed by atoms with Crippen molar-refractivity contribution in [1.29, 1.82) is 0 Å². The molecule has 0 bridgehead atoms. The molecular weight excluding hydrogens is 356 g/mol. The van der Waals surface area contributed by atoms with E-state index in [0.717, 1.165) is 29.7 Å². The summed E-state index contributed by atoms with van der Waals surface area (Å²) in [6.45, 7) is 2.23. The van der Waals surface area contributed by atoms with Crippen molar-refractivity contribution in [3.05, 3.63) is 62.0 Å². The molecule has 0 radical (unpaired) electrons. The largest absolute Gasteiger partial charge is 0.292 e. The van der Waals surface area contributed by atoms with Crippen LogP contribution < -0.4 is 5.56 Å². The smallest absolute Gasteiger partial charge is 0.262 e. The lowest BCUT2D eigenvalue weighted by Gasteiger charge is -2.17. The fraction of sp³-hybridized carbons (Fsp3) is 0.316. The highest BCUT2D eigenvalue weighted by Gasteiger charge is 2.23. The van der Waals surface area contributed by atoms with Crippen molar-refractivity contribution in [2.24, 2.45) is 5.92 Å². The van der Waals surface area contributed by atoms with Crippen molar-refractivity contribution in [3.63, 3.8) is 0 Å². The van der Waals surface area contributed by atoms with E-state index in [4.69, 9.17) is 11.6 Å². The summed E-state index contributed by atoms with van der Waals surface area (Å²) >= 11 is 7.48. The van der Waals surface area contributed by atoms with E-state index < -0.39 is 0 Å². The molecule has 2 heterocycles. The molecule has 3 aromatic rings. The summed E-state index contributed by atoms with van der Waals surface area (Å²) in [5.74, 6) is 0.520. The first-order chi connectivity index (χ1) is 12.0. The number of carbonyl (C=O) groups excluding carboxylic acids is 1. The molecule has 6 heteroatoms. The van der Waals surface area contributed by atoms with Crippen LogP contribution >= 0.6 is 22.9 Å². The summed E-state index contributed by atoms with van der Waals surface area (Å²) in [7, 11) is 0. The summed E-state index contributed by atoms with van der Waals surface area (Å²) in [5.41, 5.74) is 1.57. The minimum Gasteiger partial charge on any atom is -0.292 e. The molecule has 4 rings (SSSR count). The van der Waals surface area contributed by atoms with Gasteiger partial charge >= 0.3 is 0 Å². The number of halogens is 1. The van der Waals surface area contributed by atoms with Gasteiger partial charge in [0.1, 0.15) is 4.83 Å². The van der Waals surface area contributed by atoms with E-state index in [1.807, 2.05) is 0 Å². The average molecular weight is 373 g/mol. The van der Waals surface area contributed by atoms with Gasteiger partial charge in [0.2, 0.25) is 0 Å². The normalized spacial score (nSPS) is 16.8. The van der Waals surface area contributed by atoms with Gasteiger partial charge in [-0.05, 0) is 55.0 Å². The van der Waals surface area contributed by atoms with Crippen LogP contribution in [0.25, 0.3) is 10.2 Å². The van der Waals surface area contributed by atoms with E-state index in [0.29, 0.717) is 21.9 Å². The van der Waals surface area contributed by atoms with Crippen LogP contribution in [0.3, 0.4) is 0 Å². The van der Waals surface area contributed by atoms with Gasteiger partial charge in [0.25, 0.3) is 5.56 Å². The van der Waals surface area contributed by atoms with Gasteiger partial charge in [-0.15, -0.1) is 11.3 Å². The molecule has 0 fully saturated rings. The van der Waals surface area contributed by atoms with E-state index >= 15 is 0 Å². The molecule has 1 aliphatic rings. The number of rotatable bonds is 3. The monoisotopic (exact) mass is 372 g/mol. The van der Waals surface area contributed by atoms with Crippen LogP contribution in [0.2, 0.25) is 5.02 Å². The summed E-state index contributed by atoms with van der Waals surface area (Å²) in [6.07, 6.45) is 4.52. The van der Waals surface area contributed by atoms with Gasteiger partial charge in [-0.25, -0.2) is 4.98 Å². The minimum absolute atomic E-state index is 0.00950. The Kier molecular flexibility index (Phi) is 4.21. The molecule has 0 saturated heterocycles. The predicted molar refractivity (Wildman–Crippen MR) is 101 cm³/mol. The van der Waals surface area contributed by atoms with Crippen molar-refractivity contribution in [2.45, 2.75) is 32.7 Å². The van der Waals surface area contributed by atoms with Gasteiger partial charge in [-0.1, -0.05) is 18.5 Å². The first-order valence-electron chi connectivity index (χ1n) is 8.31. The highest BCUT2D eigenvalue weighted by Crippen LogP contribution is 2.35. The summed E-state index contributed by atoms with van der Waals surface area (Å²) in [5, 5.41) is 1.29. The molecule has 1 atom stereocenters. The van der Waals surface area contributed by atoms with Gasteiger partial charge < -0.3 is 0 Å². The van der Waals surface area contributed by atoms with Gasteiger partial charge in [0.15, 0.2) is 5.78 Å². The molecule has 2 aromatic heterocycles. The van der Waals surface area contributed by atoms with Crippen molar-refractivity contribution in [1.82, 2.24) is 9.55 Å². The maximum atomic E-state index is 12.9. The Morgan fingerprint density at radius 2 is 2.12 bits per heavy atom.